The van der Waals surface area contributed by atoms with Crippen LogP contribution in [0.1, 0.15) is 12.5 Å². The summed E-state index contributed by atoms with van der Waals surface area (Å²) >= 11 is 1.31. The maximum absolute atomic E-state index is 11.1. The molecule has 1 aromatic carbocycles. The van der Waals surface area contributed by atoms with Gasteiger partial charge in [-0.15, -0.1) is 10.2 Å². The summed E-state index contributed by atoms with van der Waals surface area (Å²) in [4.78, 5) is 11.1. The first-order chi connectivity index (χ1) is 9.00. The van der Waals surface area contributed by atoms with Crippen molar-refractivity contribution < 1.29 is 4.79 Å². The highest BCUT2D eigenvalue weighted by Gasteiger charge is 2.17. The number of carbonyl (C=O) groups is 1. The minimum atomic E-state index is -0.356. The van der Waals surface area contributed by atoms with Crippen molar-refractivity contribution in [1.29, 1.82) is 0 Å². The third-order valence-corrected chi connectivity index (χ3v) is 4.06. The Morgan fingerprint density at radius 1 is 1.37 bits per heavy atom. The van der Waals surface area contributed by atoms with Crippen LogP contribution in [0.25, 0.3) is 11.4 Å². The Balaban J connectivity index is 2.34. The lowest BCUT2D eigenvalue weighted by molar-refractivity contribution is -0.117. The molecule has 1 atom stereocenters. The zero-order chi connectivity index (χ0) is 14.0. The molecule has 0 saturated heterocycles. The minimum Gasteiger partial charge on any atom is -0.369 e. The Bertz CT molecular complexity index is 608. The lowest BCUT2D eigenvalue weighted by Gasteiger charge is -2.08. The summed E-state index contributed by atoms with van der Waals surface area (Å²) in [5.74, 6) is 0.433. The fraction of sp³-hybridized carbons (Fsp3) is 0.308. The summed E-state index contributed by atoms with van der Waals surface area (Å²) in [5.41, 5.74) is 7.43. The second-order valence-corrected chi connectivity index (χ2v) is 5.65. The lowest BCUT2D eigenvalue weighted by atomic mass is 10.1. The van der Waals surface area contributed by atoms with E-state index in [1.54, 1.807) is 6.92 Å². The van der Waals surface area contributed by atoms with Crippen molar-refractivity contribution >= 4 is 17.7 Å². The molecular weight excluding hydrogens is 260 g/mol. The van der Waals surface area contributed by atoms with E-state index in [9.17, 15) is 4.79 Å². The van der Waals surface area contributed by atoms with Crippen molar-refractivity contribution in [3.63, 3.8) is 0 Å². The number of aromatic nitrogens is 3. The molecule has 6 heteroatoms. The van der Waals surface area contributed by atoms with Gasteiger partial charge < -0.3 is 10.3 Å². The Labute approximate surface area is 116 Å². The molecule has 0 radical (unpaired) electrons. The van der Waals surface area contributed by atoms with Crippen molar-refractivity contribution in [2.24, 2.45) is 12.8 Å². The predicted molar refractivity (Wildman–Crippen MR) is 75.7 cm³/mol. The second kappa shape index (κ2) is 5.44. The predicted octanol–water partition coefficient (Wildman–Crippen LogP) is 1.76. The molecule has 0 aliphatic heterocycles. The van der Waals surface area contributed by atoms with Gasteiger partial charge in [-0.2, -0.15) is 0 Å². The van der Waals surface area contributed by atoms with E-state index in [1.807, 2.05) is 42.8 Å². The van der Waals surface area contributed by atoms with E-state index >= 15 is 0 Å². The van der Waals surface area contributed by atoms with Crippen molar-refractivity contribution in [3.8, 4) is 11.4 Å². The molecule has 0 spiro atoms. The van der Waals surface area contributed by atoms with Crippen molar-refractivity contribution in [1.82, 2.24) is 14.8 Å². The summed E-state index contributed by atoms with van der Waals surface area (Å²) in [6, 6.07) is 7.99. The third kappa shape index (κ3) is 2.78. The molecule has 1 heterocycles. The fourth-order valence-corrected chi connectivity index (χ4v) is 2.46. The van der Waals surface area contributed by atoms with Gasteiger partial charge in [0, 0.05) is 12.6 Å². The monoisotopic (exact) mass is 276 g/mol. The number of nitrogens with two attached hydrogens (primary N) is 1. The SMILES string of the molecule is Cc1ccccc1-c1nnc(SC(C)C(N)=O)n1C. The van der Waals surface area contributed by atoms with Gasteiger partial charge in [0.25, 0.3) is 0 Å². The molecule has 0 bridgehead atoms. The van der Waals surface area contributed by atoms with Gasteiger partial charge in [0.15, 0.2) is 11.0 Å². The topological polar surface area (TPSA) is 73.8 Å². The van der Waals surface area contributed by atoms with E-state index < -0.39 is 0 Å². The number of primary amides is 1. The van der Waals surface area contributed by atoms with Gasteiger partial charge in [0.2, 0.25) is 5.91 Å². The molecule has 1 aromatic heterocycles. The molecule has 2 rings (SSSR count). The molecular formula is C13H16N4OS. The molecule has 5 nitrogen and oxygen atoms in total. The van der Waals surface area contributed by atoms with E-state index in [-0.39, 0.29) is 11.2 Å². The Kier molecular flexibility index (Phi) is 3.90. The molecule has 0 saturated carbocycles. The molecule has 0 fully saturated rings. The molecule has 2 aromatic rings. The first kappa shape index (κ1) is 13.6. The Morgan fingerprint density at radius 3 is 2.68 bits per heavy atom. The van der Waals surface area contributed by atoms with Crippen molar-refractivity contribution in [2.75, 3.05) is 0 Å². The maximum Gasteiger partial charge on any atom is 0.230 e. The van der Waals surface area contributed by atoms with Crippen LogP contribution >= 0.6 is 11.8 Å². The Morgan fingerprint density at radius 2 is 2.05 bits per heavy atom. The molecule has 0 aliphatic rings. The number of hydrogen-bond donors (Lipinski definition) is 1. The fourth-order valence-electron chi connectivity index (χ4n) is 1.69. The number of aryl methyl sites for hydroxylation is 1. The number of amides is 1. The standard InChI is InChI=1S/C13H16N4OS/c1-8-6-4-5-7-10(8)12-15-16-13(17(12)3)19-9(2)11(14)18/h4-7,9H,1-3H3,(H2,14,18). The van der Waals surface area contributed by atoms with E-state index in [0.717, 1.165) is 17.0 Å². The van der Waals surface area contributed by atoms with Crippen LogP contribution in [0.4, 0.5) is 0 Å². The zero-order valence-corrected chi connectivity index (χ0v) is 11.9. The second-order valence-electron chi connectivity index (χ2n) is 4.34. The molecule has 2 N–H and O–H groups in total. The van der Waals surface area contributed by atoms with Crippen LogP contribution in [-0.4, -0.2) is 25.9 Å². The van der Waals surface area contributed by atoms with Crippen LogP contribution in [-0.2, 0) is 11.8 Å². The van der Waals surface area contributed by atoms with Crippen LogP contribution in [0.2, 0.25) is 0 Å². The highest BCUT2D eigenvalue weighted by molar-refractivity contribution is 8.00. The molecule has 19 heavy (non-hydrogen) atoms. The normalized spacial score (nSPS) is 12.4. The largest absolute Gasteiger partial charge is 0.369 e. The average Bonchev–Trinajstić information content (AvgIpc) is 2.72. The third-order valence-electron chi connectivity index (χ3n) is 2.90. The maximum atomic E-state index is 11.1. The van der Waals surface area contributed by atoms with E-state index in [4.69, 9.17) is 5.73 Å². The van der Waals surface area contributed by atoms with Gasteiger partial charge in [-0.25, -0.2) is 0 Å². The van der Waals surface area contributed by atoms with Crippen LogP contribution in [0.15, 0.2) is 29.4 Å². The number of rotatable bonds is 4. The number of hydrogen-bond acceptors (Lipinski definition) is 4. The number of benzene rings is 1. The average molecular weight is 276 g/mol. The van der Waals surface area contributed by atoms with Gasteiger partial charge in [0.1, 0.15) is 0 Å². The molecule has 1 unspecified atom stereocenters. The van der Waals surface area contributed by atoms with Crippen molar-refractivity contribution in [3.05, 3.63) is 29.8 Å². The number of nitrogens with zero attached hydrogens (tertiary/aromatic N) is 3. The summed E-state index contributed by atoms with van der Waals surface area (Å²) in [5, 5.41) is 8.68. The summed E-state index contributed by atoms with van der Waals surface area (Å²) in [6.45, 7) is 3.79. The number of thioether (sulfide) groups is 1. The highest BCUT2D eigenvalue weighted by Crippen LogP contribution is 2.26. The highest BCUT2D eigenvalue weighted by atomic mass is 32.2. The van der Waals surface area contributed by atoms with Gasteiger partial charge in [0.05, 0.1) is 5.25 Å². The van der Waals surface area contributed by atoms with Crippen LogP contribution in [0.3, 0.4) is 0 Å². The van der Waals surface area contributed by atoms with Gasteiger partial charge in [-0.05, 0) is 19.4 Å². The van der Waals surface area contributed by atoms with E-state index in [2.05, 4.69) is 10.2 Å². The summed E-state index contributed by atoms with van der Waals surface area (Å²) in [7, 11) is 1.89. The van der Waals surface area contributed by atoms with Crippen LogP contribution in [0.5, 0.6) is 0 Å². The van der Waals surface area contributed by atoms with Crippen LogP contribution < -0.4 is 5.73 Å². The Hall–Kier alpha value is -1.82. The molecule has 100 valence electrons. The zero-order valence-electron chi connectivity index (χ0n) is 11.1. The van der Waals surface area contributed by atoms with Gasteiger partial charge in [-0.3, -0.25) is 4.79 Å². The lowest BCUT2D eigenvalue weighted by Crippen LogP contribution is -2.22. The molecule has 1 amide bonds. The van der Waals surface area contributed by atoms with E-state index in [0.29, 0.717) is 5.16 Å². The first-order valence-electron chi connectivity index (χ1n) is 5.92. The number of carbonyl (C=O) groups excluding carboxylic acids is 1. The molecule has 0 aliphatic carbocycles. The summed E-state index contributed by atoms with van der Waals surface area (Å²) < 4.78 is 1.88. The summed E-state index contributed by atoms with van der Waals surface area (Å²) in [6.07, 6.45) is 0. The van der Waals surface area contributed by atoms with Gasteiger partial charge >= 0.3 is 0 Å². The van der Waals surface area contributed by atoms with Crippen molar-refractivity contribution in [2.45, 2.75) is 24.3 Å². The minimum absolute atomic E-state index is 0.326. The quantitative estimate of drug-likeness (QED) is 0.863. The first-order valence-corrected chi connectivity index (χ1v) is 6.80. The van der Waals surface area contributed by atoms with E-state index in [1.165, 1.54) is 11.8 Å². The van der Waals surface area contributed by atoms with Crippen LogP contribution in [0, 0.1) is 6.92 Å². The van der Waals surface area contributed by atoms with Gasteiger partial charge in [-0.1, -0.05) is 36.0 Å². The smallest absolute Gasteiger partial charge is 0.230 e.